The molecule has 0 fully saturated rings. The number of hydrogen-bond acceptors (Lipinski definition) is 6. The number of carboxylic acid groups (broad SMARTS) is 1. The number of nitrogens with zero attached hydrogens (tertiary/aromatic N) is 3. The van der Waals surface area contributed by atoms with Gasteiger partial charge in [0, 0.05) is 16.3 Å². The minimum absolute atomic E-state index is 0.136. The van der Waals surface area contributed by atoms with Crippen LogP contribution in [0.15, 0.2) is 95.0 Å². The molecular weight excluding hydrogens is 456 g/mol. The molecule has 2 N–H and O–H groups in total. The SMILES string of the molecule is O=C(CSc1nnc(CSc2ccccc2)n1-c1ccccc1)Nc1ccc(C(=O)O)cc1. The molecule has 0 bridgehead atoms. The van der Waals surface area contributed by atoms with E-state index in [1.807, 2.05) is 53.1 Å². The van der Waals surface area contributed by atoms with Crippen molar-refractivity contribution in [2.24, 2.45) is 0 Å². The summed E-state index contributed by atoms with van der Waals surface area (Å²) in [6, 6.07) is 25.9. The Hall–Kier alpha value is -3.56. The number of aromatic nitrogens is 3. The molecule has 1 amide bonds. The van der Waals surface area contributed by atoms with Gasteiger partial charge in [0.2, 0.25) is 5.91 Å². The first-order valence-electron chi connectivity index (χ1n) is 10.0. The first-order chi connectivity index (χ1) is 16.1. The van der Waals surface area contributed by atoms with E-state index >= 15 is 0 Å². The standard InChI is InChI=1S/C24H20N4O3S2/c29-22(25-18-13-11-17(12-14-18)23(30)31)16-33-24-27-26-21(15-32-20-9-5-2-6-10-20)28(24)19-7-3-1-4-8-19/h1-14H,15-16H2,(H,25,29)(H,30,31). The summed E-state index contributed by atoms with van der Waals surface area (Å²) in [6.45, 7) is 0. The second-order valence-electron chi connectivity index (χ2n) is 6.89. The predicted molar refractivity (Wildman–Crippen MR) is 130 cm³/mol. The van der Waals surface area contributed by atoms with Gasteiger partial charge in [-0.3, -0.25) is 9.36 Å². The quantitative estimate of drug-likeness (QED) is 0.329. The Labute approximate surface area is 199 Å². The summed E-state index contributed by atoms with van der Waals surface area (Å²) in [7, 11) is 0. The molecule has 0 radical (unpaired) electrons. The van der Waals surface area contributed by atoms with Crippen molar-refractivity contribution in [3.63, 3.8) is 0 Å². The number of para-hydroxylation sites is 1. The Morgan fingerprint density at radius 1 is 0.848 bits per heavy atom. The topological polar surface area (TPSA) is 97.1 Å². The van der Waals surface area contributed by atoms with Crippen LogP contribution < -0.4 is 5.32 Å². The molecule has 4 aromatic rings. The van der Waals surface area contributed by atoms with Gasteiger partial charge in [-0.05, 0) is 48.5 Å². The van der Waals surface area contributed by atoms with Crippen molar-refractivity contribution < 1.29 is 14.7 Å². The molecule has 1 aromatic heterocycles. The van der Waals surface area contributed by atoms with Crippen LogP contribution in [0.2, 0.25) is 0 Å². The van der Waals surface area contributed by atoms with E-state index in [1.165, 1.54) is 23.9 Å². The molecule has 0 aliphatic rings. The molecule has 1 heterocycles. The third-order valence-electron chi connectivity index (χ3n) is 4.57. The lowest BCUT2D eigenvalue weighted by molar-refractivity contribution is -0.113. The van der Waals surface area contributed by atoms with Crippen molar-refractivity contribution in [2.45, 2.75) is 15.8 Å². The number of hydrogen-bond donors (Lipinski definition) is 2. The molecule has 33 heavy (non-hydrogen) atoms. The minimum Gasteiger partial charge on any atom is -0.478 e. The van der Waals surface area contributed by atoms with Crippen molar-refractivity contribution in [3.05, 3.63) is 96.3 Å². The van der Waals surface area contributed by atoms with Crippen LogP contribution in [0.25, 0.3) is 5.69 Å². The molecule has 0 unspecified atom stereocenters. The molecule has 9 heteroatoms. The van der Waals surface area contributed by atoms with Crippen molar-refractivity contribution >= 4 is 41.1 Å². The molecule has 0 saturated carbocycles. The fourth-order valence-electron chi connectivity index (χ4n) is 3.01. The van der Waals surface area contributed by atoms with E-state index in [2.05, 4.69) is 27.6 Å². The molecule has 0 aliphatic carbocycles. The van der Waals surface area contributed by atoms with Gasteiger partial charge < -0.3 is 10.4 Å². The third-order valence-corrected chi connectivity index (χ3v) is 6.51. The monoisotopic (exact) mass is 476 g/mol. The fraction of sp³-hybridized carbons (Fsp3) is 0.0833. The number of nitrogens with one attached hydrogen (secondary N) is 1. The maximum Gasteiger partial charge on any atom is 0.335 e. The Morgan fingerprint density at radius 3 is 2.18 bits per heavy atom. The lowest BCUT2D eigenvalue weighted by Gasteiger charge is -2.10. The second kappa shape index (κ2) is 10.8. The van der Waals surface area contributed by atoms with E-state index in [0.717, 1.165) is 16.4 Å². The average Bonchev–Trinajstić information content (AvgIpc) is 3.26. The molecule has 166 valence electrons. The highest BCUT2D eigenvalue weighted by atomic mass is 32.2. The first-order valence-corrected chi connectivity index (χ1v) is 12.0. The van der Waals surface area contributed by atoms with Crippen LogP contribution in [-0.2, 0) is 10.5 Å². The zero-order chi connectivity index (χ0) is 23.0. The first kappa shape index (κ1) is 22.6. The number of rotatable bonds is 9. The van der Waals surface area contributed by atoms with E-state index in [1.54, 1.807) is 23.9 Å². The summed E-state index contributed by atoms with van der Waals surface area (Å²) in [5, 5.41) is 21.1. The number of carbonyl (C=O) groups excluding carboxylic acids is 1. The molecule has 0 spiro atoms. The van der Waals surface area contributed by atoms with E-state index < -0.39 is 5.97 Å². The van der Waals surface area contributed by atoms with Crippen LogP contribution in [0.1, 0.15) is 16.2 Å². The summed E-state index contributed by atoms with van der Waals surface area (Å²) >= 11 is 2.97. The maximum atomic E-state index is 12.5. The van der Waals surface area contributed by atoms with Gasteiger partial charge in [-0.2, -0.15) is 0 Å². The number of amides is 1. The second-order valence-corrected chi connectivity index (χ2v) is 8.88. The fourth-order valence-corrected chi connectivity index (χ4v) is 4.61. The van der Waals surface area contributed by atoms with Crippen LogP contribution in [-0.4, -0.2) is 37.5 Å². The molecule has 4 rings (SSSR count). The summed E-state index contributed by atoms with van der Waals surface area (Å²) < 4.78 is 1.97. The van der Waals surface area contributed by atoms with E-state index in [4.69, 9.17) is 5.11 Å². The maximum absolute atomic E-state index is 12.5. The summed E-state index contributed by atoms with van der Waals surface area (Å²) in [5.41, 5.74) is 1.63. The molecule has 0 atom stereocenters. The zero-order valence-electron chi connectivity index (χ0n) is 17.4. The highest BCUT2D eigenvalue weighted by Crippen LogP contribution is 2.27. The Kier molecular flexibility index (Phi) is 7.43. The Balaban J connectivity index is 1.45. The van der Waals surface area contributed by atoms with Crippen LogP contribution in [0.3, 0.4) is 0 Å². The minimum atomic E-state index is -1.01. The molecule has 3 aromatic carbocycles. The Morgan fingerprint density at radius 2 is 1.52 bits per heavy atom. The largest absolute Gasteiger partial charge is 0.478 e. The third kappa shape index (κ3) is 6.03. The van der Waals surface area contributed by atoms with Crippen molar-refractivity contribution in [3.8, 4) is 5.69 Å². The van der Waals surface area contributed by atoms with Gasteiger partial charge in [0.1, 0.15) is 5.82 Å². The number of carboxylic acids is 1. The van der Waals surface area contributed by atoms with Crippen molar-refractivity contribution in [1.29, 1.82) is 0 Å². The van der Waals surface area contributed by atoms with Crippen LogP contribution in [0.5, 0.6) is 0 Å². The molecule has 0 saturated heterocycles. The number of benzene rings is 3. The van der Waals surface area contributed by atoms with E-state index in [9.17, 15) is 9.59 Å². The molecular formula is C24H20N4O3S2. The number of aromatic carboxylic acids is 1. The summed E-state index contributed by atoms with van der Waals surface area (Å²) in [6.07, 6.45) is 0. The van der Waals surface area contributed by atoms with Crippen LogP contribution in [0.4, 0.5) is 5.69 Å². The lowest BCUT2D eigenvalue weighted by atomic mass is 10.2. The van der Waals surface area contributed by atoms with Gasteiger partial charge in [-0.15, -0.1) is 22.0 Å². The van der Waals surface area contributed by atoms with E-state index in [-0.39, 0.29) is 17.2 Å². The smallest absolute Gasteiger partial charge is 0.335 e. The van der Waals surface area contributed by atoms with Gasteiger partial charge in [-0.25, -0.2) is 4.79 Å². The average molecular weight is 477 g/mol. The molecule has 0 aliphatic heterocycles. The van der Waals surface area contributed by atoms with Crippen molar-refractivity contribution in [2.75, 3.05) is 11.1 Å². The van der Waals surface area contributed by atoms with Crippen LogP contribution in [0, 0.1) is 0 Å². The highest BCUT2D eigenvalue weighted by molar-refractivity contribution is 7.99. The molecule has 7 nitrogen and oxygen atoms in total. The number of carbonyl (C=O) groups is 2. The normalized spacial score (nSPS) is 10.7. The van der Waals surface area contributed by atoms with Gasteiger partial charge in [0.25, 0.3) is 0 Å². The predicted octanol–water partition coefficient (Wildman–Crippen LogP) is 4.99. The van der Waals surface area contributed by atoms with Gasteiger partial charge in [0.15, 0.2) is 5.16 Å². The Bertz CT molecular complexity index is 1230. The van der Waals surface area contributed by atoms with E-state index in [0.29, 0.717) is 16.6 Å². The van der Waals surface area contributed by atoms with Gasteiger partial charge in [-0.1, -0.05) is 48.2 Å². The van der Waals surface area contributed by atoms with Gasteiger partial charge >= 0.3 is 5.97 Å². The highest BCUT2D eigenvalue weighted by Gasteiger charge is 2.16. The van der Waals surface area contributed by atoms with Crippen LogP contribution >= 0.6 is 23.5 Å². The summed E-state index contributed by atoms with van der Waals surface area (Å²) in [5.74, 6) is 0.338. The number of thioether (sulfide) groups is 2. The number of anilines is 1. The zero-order valence-corrected chi connectivity index (χ0v) is 19.1. The van der Waals surface area contributed by atoms with Crippen molar-refractivity contribution in [1.82, 2.24) is 14.8 Å². The lowest BCUT2D eigenvalue weighted by Crippen LogP contribution is -2.14. The summed E-state index contributed by atoms with van der Waals surface area (Å²) in [4.78, 5) is 24.6. The van der Waals surface area contributed by atoms with Gasteiger partial charge in [0.05, 0.1) is 17.1 Å².